The number of rotatable bonds is 7. The average Bonchev–Trinajstić information content (AvgIpc) is 2.38. The van der Waals surface area contributed by atoms with Crippen molar-refractivity contribution >= 4 is 5.91 Å². The largest absolute Gasteiger partial charge is 0.497 e. The van der Waals surface area contributed by atoms with Crippen LogP contribution in [-0.4, -0.2) is 32.1 Å². The first-order valence-electron chi connectivity index (χ1n) is 6.28. The number of carbonyl (C=O) groups is 1. The molecule has 0 spiro atoms. The minimum absolute atomic E-state index is 0.0408. The van der Waals surface area contributed by atoms with Gasteiger partial charge in [-0.05, 0) is 38.0 Å². The Kier molecular flexibility index (Phi) is 6.22. The fourth-order valence-electron chi connectivity index (χ4n) is 1.71. The summed E-state index contributed by atoms with van der Waals surface area (Å²) in [6, 6.07) is 8.25. The van der Waals surface area contributed by atoms with E-state index in [0.717, 1.165) is 12.2 Å². The number of ether oxygens (including phenoxy) is 1. The molecule has 0 saturated carbocycles. The van der Waals surface area contributed by atoms with Gasteiger partial charge < -0.3 is 15.4 Å². The van der Waals surface area contributed by atoms with Crippen molar-refractivity contribution in [1.82, 2.24) is 10.6 Å². The fourth-order valence-corrected chi connectivity index (χ4v) is 1.71. The normalized spacial score (nSPS) is 11.9. The lowest BCUT2D eigenvalue weighted by Gasteiger charge is -2.13. The summed E-state index contributed by atoms with van der Waals surface area (Å²) >= 11 is 0. The van der Waals surface area contributed by atoms with E-state index >= 15 is 0 Å². The fraction of sp³-hybridized carbons (Fsp3) is 0.500. The van der Waals surface area contributed by atoms with Crippen LogP contribution in [0, 0.1) is 0 Å². The first-order chi connectivity index (χ1) is 8.65. The minimum atomic E-state index is 0.0408. The van der Waals surface area contributed by atoms with E-state index in [9.17, 15) is 4.79 Å². The second-order valence-corrected chi connectivity index (χ2v) is 4.29. The molecule has 1 unspecified atom stereocenters. The quantitative estimate of drug-likeness (QED) is 0.768. The van der Waals surface area contributed by atoms with Crippen LogP contribution in [0.2, 0.25) is 0 Å². The van der Waals surface area contributed by atoms with E-state index in [4.69, 9.17) is 4.74 Å². The van der Waals surface area contributed by atoms with Crippen molar-refractivity contribution in [2.75, 3.05) is 20.2 Å². The van der Waals surface area contributed by atoms with Gasteiger partial charge in [-0.25, -0.2) is 0 Å². The van der Waals surface area contributed by atoms with Crippen LogP contribution in [0.3, 0.4) is 0 Å². The van der Waals surface area contributed by atoms with Gasteiger partial charge in [0.05, 0.1) is 13.7 Å². The highest BCUT2D eigenvalue weighted by atomic mass is 16.5. The summed E-state index contributed by atoms with van der Waals surface area (Å²) in [6.45, 7) is 5.03. The van der Waals surface area contributed by atoms with Gasteiger partial charge in [-0.1, -0.05) is 12.1 Å². The van der Waals surface area contributed by atoms with Crippen LogP contribution < -0.4 is 15.4 Å². The molecular weight excluding hydrogens is 228 g/mol. The van der Waals surface area contributed by atoms with Gasteiger partial charge in [-0.3, -0.25) is 4.79 Å². The summed E-state index contributed by atoms with van der Waals surface area (Å²) < 4.78 is 5.11. The van der Waals surface area contributed by atoms with E-state index in [0.29, 0.717) is 13.1 Å². The van der Waals surface area contributed by atoms with Gasteiger partial charge in [-0.15, -0.1) is 0 Å². The van der Waals surface area contributed by atoms with Crippen molar-refractivity contribution in [3.8, 4) is 5.75 Å². The third-order valence-corrected chi connectivity index (χ3v) is 2.69. The number of benzene rings is 1. The van der Waals surface area contributed by atoms with Gasteiger partial charge in [0, 0.05) is 12.6 Å². The van der Waals surface area contributed by atoms with Crippen molar-refractivity contribution in [2.45, 2.75) is 26.3 Å². The molecule has 2 N–H and O–H groups in total. The van der Waals surface area contributed by atoms with Crippen molar-refractivity contribution in [2.24, 2.45) is 0 Å². The van der Waals surface area contributed by atoms with Gasteiger partial charge in [0.2, 0.25) is 5.91 Å². The third-order valence-electron chi connectivity index (χ3n) is 2.69. The molecule has 18 heavy (non-hydrogen) atoms. The third kappa shape index (κ3) is 5.19. The first-order valence-corrected chi connectivity index (χ1v) is 6.28. The molecule has 0 aliphatic rings. The standard InChI is InChI=1S/C14H22N2O2/c1-4-15-14(17)10-16-11(2)9-12-5-7-13(18-3)8-6-12/h5-8,11,16H,4,9-10H2,1-3H3,(H,15,17). The van der Waals surface area contributed by atoms with Crippen molar-refractivity contribution < 1.29 is 9.53 Å². The molecule has 0 bridgehead atoms. The van der Waals surface area contributed by atoms with Crippen molar-refractivity contribution in [1.29, 1.82) is 0 Å². The monoisotopic (exact) mass is 250 g/mol. The van der Waals surface area contributed by atoms with Crippen LogP contribution in [0.1, 0.15) is 19.4 Å². The SMILES string of the molecule is CCNC(=O)CNC(C)Cc1ccc(OC)cc1. The summed E-state index contributed by atoms with van der Waals surface area (Å²) in [5.41, 5.74) is 1.23. The molecule has 0 heterocycles. The second kappa shape index (κ2) is 7.71. The van der Waals surface area contributed by atoms with Crippen molar-refractivity contribution in [3.63, 3.8) is 0 Å². The predicted octanol–water partition coefficient (Wildman–Crippen LogP) is 1.35. The Morgan fingerprint density at radius 3 is 2.56 bits per heavy atom. The molecule has 4 nitrogen and oxygen atoms in total. The number of nitrogens with one attached hydrogen (secondary N) is 2. The summed E-state index contributed by atoms with van der Waals surface area (Å²) in [4.78, 5) is 11.3. The van der Waals surface area contributed by atoms with Crippen LogP contribution >= 0.6 is 0 Å². The lowest BCUT2D eigenvalue weighted by Crippen LogP contribution is -2.38. The molecule has 0 saturated heterocycles. The molecule has 0 fully saturated rings. The lowest BCUT2D eigenvalue weighted by atomic mass is 10.1. The maximum atomic E-state index is 11.3. The molecule has 1 rings (SSSR count). The summed E-state index contributed by atoms with van der Waals surface area (Å²) in [5.74, 6) is 0.903. The summed E-state index contributed by atoms with van der Waals surface area (Å²) in [7, 11) is 1.66. The smallest absolute Gasteiger partial charge is 0.233 e. The Bertz CT molecular complexity index is 363. The van der Waals surface area contributed by atoms with Gasteiger partial charge in [0.25, 0.3) is 0 Å². The number of amides is 1. The Hall–Kier alpha value is -1.55. The van der Waals surface area contributed by atoms with E-state index in [1.165, 1.54) is 5.56 Å². The molecule has 0 aliphatic heterocycles. The number of hydrogen-bond acceptors (Lipinski definition) is 3. The molecule has 1 amide bonds. The predicted molar refractivity (Wildman–Crippen MR) is 72.8 cm³/mol. The number of carbonyl (C=O) groups excluding carboxylic acids is 1. The zero-order valence-electron chi connectivity index (χ0n) is 11.3. The molecule has 0 radical (unpaired) electrons. The van der Waals surface area contributed by atoms with Crippen LogP contribution in [0.5, 0.6) is 5.75 Å². The van der Waals surface area contributed by atoms with E-state index in [1.54, 1.807) is 7.11 Å². The highest BCUT2D eigenvalue weighted by Gasteiger charge is 2.05. The molecule has 100 valence electrons. The Labute approximate surface area is 109 Å². The highest BCUT2D eigenvalue weighted by Crippen LogP contribution is 2.12. The molecule has 0 aromatic heterocycles. The molecule has 0 aliphatic carbocycles. The second-order valence-electron chi connectivity index (χ2n) is 4.29. The Morgan fingerprint density at radius 2 is 2.00 bits per heavy atom. The van der Waals surface area contributed by atoms with Crippen molar-refractivity contribution in [3.05, 3.63) is 29.8 Å². The van der Waals surface area contributed by atoms with E-state index in [1.807, 2.05) is 31.2 Å². The molecule has 1 aromatic rings. The first kappa shape index (κ1) is 14.5. The molecule has 4 heteroatoms. The Balaban J connectivity index is 2.34. The Morgan fingerprint density at radius 1 is 1.33 bits per heavy atom. The van der Waals surface area contributed by atoms with E-state index < -0.39 is 0 Å². The van der Waals surface area contributed by atoms with Crippen LogP contribution in [0.15, 0.2) is 24.3 Å². The van der Waals surface area contributed by atoms with E-state index in [-0.39, 0.29) is 11.9 Å². The molecule has 1 atom stereocenters. The number of likely N-dealkylation sites (N-methyl/N-ethyl adjacent to an activating group) is 1. The highest BCUT2D eigenvalue weighted by molar-refractivity contribution is 5.77. The summed E-state index contributed by atoms with van der Waals surface area (Å²) in [6.07, 6.45) is 0.892. The average molecular weight is 250 g/mol. The topological polar surface area (TPSA) is 50.4 Å². The van der Waals surface area contributed by atoms with Gasteiger partial charge in [0.15, 0.2) is 0 Å². The number of hydrogen-bond donors (Lipinski definition) is 2. The van der Waals surface area contributed by atoms with Gasteiger partial charge in [0.1, 0.15) is 5.75 Å². The zero-order valence-corrected chi connectivity index (χ0v) is 11.3. The van der Waals surface area contributed by atoms with Crippen LogP contribution in [0.4, 0.5) is 0 Å². The van der Waals surface area contributed by atoms with Crippen LogP contribution in [-0.2, 0) is 11.2 Å². The molecular formula is C14H22N2O2. The van der Waals surface area contributed by atoms with E-state index in [2.05, 4.69) is 17.6 Å². The number of methoxy groups -OCH3 is 1. The van der Waals surface area contributed by atoms with Gasteiger partial charge >= 0.3 is 0 Å². The maximum absolute atomic E-state index is 11.3. The summed E-state index contributed by atoms with van der Waals surface area (Å²) in [5, 5.41) is 5.96. The maximum Gasteiger partial charge on any atom is 0.233 e. The van der Waals surface area contributed by atoms with Crippen LogP contribution in [0.25, 0.3) is 0 Å². The zero-order chi connectivity index (χ0) is 13.4. The lowest BCUT2D eigenvalue weighted by molar-refractivity contribution is -0.120. The van der Waals surface area contributed by atoms with Gasteiger partial charge in [-0.2, -0.15) is 0 Å². The molecule has 1 aromatic carbocycles. The minimum Gasteiger partial charge on any atom is -0.497 e.